The fourth-order valence-electron chi connectivity index (χ4n) is 2.75. The van der Waals surface area contributed by atoms with E-state index in [2.05, 4.69) is 10.2 Å². The van der Waals surface area contributed by atoms with Gasteiger partial charge in [-0.25, -0.2) is 0 Å². The third-order valence-electron chi connectivity index (χ3n) is 4.17. The zero-order chi connectivity index (χ0) is 19.5. The van der Waals surface area contributed by atoms with Crippen molar-refractivity contribution in [2.45, 2.75) is 12.1 Å². The molecule has 2 heterocycles. The van der Waals surface area contributed by atoms with E-state index in [-0.39, 0.29) is 11.5 Å². The standard InChI is InChI=1S/C21H16ClN3O2S/c1-14-8-10-15(11-9-14)25-20(19-7-4-12-27-19)23-24-21(25)28-13-18(26)16-5-2-3-6-17(16)22/h2-12H,13H2,1H3. The molecule has 28 heavy (non-hydrogen) atoms. The number of carbonyl (C=O) groups excluding carboxylic acids is 1. The Kier molecular flexibility index (Phi) is 5.32. The molecule has 0 spiro atoms. The third-order valence-corrected chi connectivity index (χ3v) is 5.43. The van der Waals surface area contributed by atoms with Crippen molar-refractivity contribution in [3.8, 4) is 17.3 Å². The number of halogens is 1. The second kappa shape index (κ2) is 8.04. The topological polar surface area (TPSA) is 60.9 Å². The monoisotopic (exact) mass is 409 g/mol. The van der Waals surface area contributed by atoms with Crippen LogP contribution in [0, 0.1) is 6.92 Å². The number of Topliss-reactive ketones (excluding diaryl/α,β-unsaturated/α-hetero) is 1. The highest BCUT2D eigenvalue weighted by Gasteiger charge is 2.19. The molecule has 4 rings (SSSR count). The van der Waals surface area contributed by atoms with Gasteiger partial charge in [0, 0.05) is 11.3 Å². The molecule has 0 fully saturated rings. The molecule has 0 saturated carbocycles. The van der Waals surface area contributed by atoms with Crippen molar-refractivity contribution in [3.05, 3.63) is 83.1 Å². The van der Waals surface area contributed by atoms with Crippen LogP contribution in [-0.2, 0) is 0 Å². The van der Waals surface area contributed by atoms with E-state index in [9.17, 15) is 4.79 Å². The van der Waals surface area contributed by atoms with Crippen LogP contribution >= 0.6 is 23.4 Å². The number of furan rings is 1. The van der Waals surface area contributed by atoms with Gasteiger partial charge in [0.25, 0.3) is 0 Å². The van der Waals surface area contributed by atoms with Gasteiger partial charge >= 0.3 is 0 Å². The van der Waals surface area contributed by atoms with Crippen molar-refractivity contribution < 1.29 is 9.21 Å². The predicted octanol–water partition coefficient (Wildman–Crippen LogP) is 5.46. The molecular formula is C21H16ClN3O2S. The van der Waals surface area contributed by atoms with Gasteiger partial charge in [-0.1, -0.05) is 53.2 Å². The van der Waals surface area contributed by atoms with Crippen molar-refractivity contribution in [1.82, 2.24) is 14.8 Å². The van der Waals surface area contributed by atoms with E-state index in [1.165, 1.54) is 11.8 Å². The number of hydrogen-bond donors (Lipinski definition) is 0. The smallest absolute Gasteiger partial charge is 0.205 e. The molecule has 0 saturated heterocycles. The van der Waals surface area contributed by atoms with Crippen LogP contribution < -0.4 is 0 Å². The summed E-state index contributed by atoms with van der Waals surface area (Å²) < 4.78 is 7.40. The van der Waals surface area contributed by atoms with Gasteiger partial charge < -0.3 is 4.42 Å². The fraction of sp³-hybridized carbons (Fsp3) is 0.0952. The minimum atomic E-state index is -0.0615. The Balaban J connectivity index is 1.66. The molecule has 0 amide bonds. The predicted molar refractivity (Wildman–Crippen MR) is 110 cm³/mol. The van der Waals surface area contributed by atoms with Gasteiger partial charge in [-0.2, -0.15) is 0 Å². The zero-order valence-corrected chi connectivity index (χ0v) is 16.6. The van der Waals surface area contributed by atoms with Gasteiger partial charge in [0.1, 0.15) is 0 Å². The van der Waals surface area contributed by atoms with Crippen molar-refractivity contribution in [1.29, 1.82) is 0 Å². The molecule has 0 unspecified atom stereocenters. The van der Waals surface area contributed by atoms with Gasteiger partial charge in [-0.15, -0.1) is 10.2 Å². The lowest BCUT2D eigenvalue weighted by Crippen LogP contribution is -2.05. The second-order valence-electron chi connectivity index (χ2n) is 6.15. The molecule has 0 atom stereocenters. The summed E-state index contributed by atoms with van der Waals surface area (Å²) in [6.45, 7) is 2.03. The molecule has 0 aliphatic heterocycles. The summed E-state index contributed by atoms with van der Waals surface area (Å²) in [6, 6.07) is 18.7. The molecule has 2 aromatic carbocycles. The number of ketones is 1. The average molecular weight is 410 g/mol. The minimum Gasteiger partial charge on any atom is -0.461 e. The number of benzene rings is 2. The first-order chi connectivity index (χ1) is 13.6. The van der Waals surface area contributed by atoms with E-state index in [1.54, 1.807) is 36.6 Å². The lowest BCUT2D eigenvalue weighted by molar-refractivity contribution is 0.102. The number of carbonyl (C=O) groups is 1. The summed E-state index contributed by atoms with van der Waals surface area (Å²) in [4.78, 5) is 12.6. The van der Waals surface area contributed by atoms with Crippen LogP contribution in [0.15, 0.2) is 76.5 Å². The Morgan fingerprint density at radius 3 is 2.57 bits per heavy atom. The maximum atomic E-state index is 12.6. The Labute approximate surface area is 171 Å². The summed E-state index contributed by atoms with van der Waals surface area (Å²) in [6.07, 6.45) is 1.59. The maximum Gasteiger partial charge on any atom is 0.205 e. The molecule has 2 aromatic heterocycles. The van der Waals surface area contributed by atoms with Gasteiger partial charge in [-0.05, 0) is 43.3 Å². The first-order valence-electron chi connectivity index (χ1n) is 8.60. The summed E-state index contributed by atoms with van der Waals surface area (Å²) in [5.74, 6) is 1.33. The van der Waals surface area contributed by atoms with Gasteiger partial charge in [0.15, 0.2) is 16.7 Å². The van der Waals surface area contributed by atoms with E-state index in [0.29, 0.717) is 27.3 Å². The van der Waals surface area contributed by atoms with Crippen LogP contribution in [0.3, 0.4) is 0 Å². The highest BCUT2D eigenvalue weighted by Crippen LogP contribution is 2.29. The highest BCUT2D eigenvalue weighted by atomic mass is 35.5. The first-order valence-corrected chi connectivity index (χ1v) is 9.96. The molecule has 0 aliphatic carbocycles. The Morgan fingerprint density at radius 2 is 1.86 bits per heavy atom. The van der Waals surface area contributed by atoms with E-state index in [1.807, 2.05) is 41.8 Å². The molecule has 0 aliphatic rings. The van der Waals surface area contributed by atoms with Crippen LogP contribution in [0.2, 0.25) is 5.02 Å². The fourth-order valence-corrected chi connectivity index (χ4v) is 3.83. The Hall–Kier alpha value is -2.83. The lowest BCUT2D eigenvalue weighted by Gasteiger charge is -2.09. The summed E-state index contributed by atoms with van der Waals surface area (Å²) >= 11 is 7.45. The molecule has 0 bridgehead atoms. The number of aryl methyl sites for hydroxylation is 1. The van der Waals surface area contributed by atoms with Crippen molar-refractivity contribution in [2.24, 2.45) is 0 Å². The second-order valence-corrected chi connectivity index (χ2v) is 7.50. The Bertz CT molecular complexity index is 1110. The molecule has 0 N–H and O–H groups in total. The number of aromatic nitrogens is 3. The molecule has 0 radical (unpaired) electrons. The van der Waals surface area contributed by atoms with E-state index < -0.39 is 0 Å². The molecule has 140 valence electrons. The summed E-state index contributed by atoms with van der Waals surface area (Å²) in [5, 5.41) is 9.63. The first kappa shape index (κ1) is 18.5. The summed E-state index contributed by atoms with van der Waals surface area (Å²) in [7, 11) is 0. The van der Waals surface area contributed by atoms with Crippen molar-refractivity contribution in [3.63, 3.8) is 0 Å². The van der Waals surface area contributed by atoms with Crippen LogP contribution in [0.1, 0.15) is 15.9 Å². The van der Waals surface area contributed by atoms with E-state index >= 15 is 0 Å². The number of thioether (sulfide) groups is 1. The number of rotatable bonds is 6. The molecule has 5 nitrogen and oxygen atoms in total. The normalized spacial score (nSPS) is 10.9. The van der Waals surface area contributed by atoms with Gasteiger partial charge in [0.05, 0.1) is 17.0 Å². The average Bonchev–Trinajstić information content (AvgIpc) is 3.37. The van der Waals surface area contributed by atoms with Crippen LogP contribution in [-0.4, -0.2) is 26.3 Å². The highest BCUT2D eigenvalue weighted by molar-refractivity contribution is 7.99. The number of nitrogens with zero attached hydrogens (tertiary/aromatic N) is 3. The van der Waals surface area contributed by atoms with Crippen LogP contribution in [0.25, 0.3) is 17.3 Å². The van der Waals surface area contributed by atoms with Crippen LogP contribution in [0.4, 0.5) is 0 Å². The molecule has 7 heteroatoms. The molecular weight excluding hydrogens is 394 g/mol. The van der Waals surface area contributed by atoms with E-state index in [0.717, 1.165) is 11.3 Å². The third kappa shape index (κ3) is 3.74. The van der Waals surface area contributed by atoms with Crippen LogP contribution in [0.5, 0.6) is 0 Å². The van der Waals surface area contributed by atoms with E-state index in [4.69, 9.17) is 16.0 Å². The zero-order valence-electron chi connectivity index (χ0n) is 15.0. The summed E-state index contributed by atoms with van der Waals surface area (Å²) in [5.41, 5.74) is 2.55. The molecule has 4 aromatic rings. The van der Waals surface area contributed by atoms with Gasteiger partial charge in [0.2, 0.25) is 5.82 Å². The maximum absolute atomic E-state index is 12.6. The number of hydrogen-bond acceptors (Lipinski definition) is 5. The quantitative estimate of drug-likeness (QED) is 0.312. The van der Waals surface area contributed by atoms with Crippen molar-refractivity contribution in [2.75, 3.05) is 5.75 Å². The SMILES string of the molecule is Cc1ccc(-n2c(SCC(=O)c3ccccc3Cl)nnc2-c2ccco2)cc1. The lowest BCUT2D eigenvalue weighted by atomic mass is 10.1. The minimum absolute atomic E-state index is 0.0615. The van der Waals surface area contributed by atoms with Gasteiger partial charge in [-0.3, -0.25) is 9.36 Å². The Morgan fingerprint density at radius 1 is 1.07 bits per heavy atom. The van der Waals surface area contributed by atoms with Crippen molar-refractivity contribution >= 4 is 29.1 Å². The largest absolute Gasteiger partial charge is 0.461 e.